The van der Waals surface area contributed by atoms with Gasteiger partial charge in [0.2, 0.25) is 5.91 Å². The van der Waals surface area contributed by atoms with Crippen molar-refractivity contribution >= 4 is 11.6 Å². The molecule has 4 heteroatoms. The summed E-state index contributed by atoms with van der Waals surface area (Å²) in [7, 11) is 0. The molecule has 100 valence electrons. The maximum atomic E-state index is 11.7. The Bertz CT molecular complexity index is 371. The Kier molecular flexibility index (Phi) is 5.31. The summed E-state index contributed by atoms with van der Waals surface area (Å²) in [5, 5.41) is 15.5. The lowest BCUT2D eigenvalue weighted by molar-refractivity contribution is -0.116. The lowest BCUT2D eigenvalue weighted by Crippen LogP contribution is -2.40. The third-order valence-corrected chi connectivity index (χ3v) is 2.43. The van der Waals surface area contributed by atoms with E-state index in [1.807, 2.05) is 37.3 Å². The molecule has 4 nitrogen and oxygen atoms in total. The molecule has 0 aliphatic heterocycles. The molecule has 1 unspecified atom stereocenters. The largest absolute Gasteiger partial charge is 0.389 e. The molecule has 1 rings (SSSR count). The highest BCUT2D eigenvalue weighted by atomic mass is 16.3. The average molecular weight is 250 g/mol. The van der Waals surface area contributed by atoms with Crippen LogP contribution in [-0.4, -0.2) is 29.2 Å². The van der Waals surface area contributed by atoms with Crippen LogP contribution in [0.1, 0.15) is 27.2 Å². The van der Waals surface area contributed by atoms with E-state index in [9.17, 15) is 9.90 Å². The fraction of sp³-hybridized carbons (Fsp3) is 0.500. The van der Waals surface area contributed by atoms with Crippen LogP contribution in [0.15, 0.2) is 30.3 Å². The van der Waals surface area contributed by atoms with Gasteiger partial charge in [-0.25, -0.2) is 0 Å². The second-order valence-corrected chi connectivity index (χ2v) is 5.21. The highest BCUT2D eigenvalue weighted by Crippen LogP contribution is 2.06. The van der Waals surface area contributed by atoms with Crippen LogP contribution in [0.5, 0.6) is 0 Å². The summed E-state index contributed by atoms with van der Waals surface area (Å²) in [5.41, 5.74) is 0.0432. The van der Waals surface area contributed by atoms with Crippen LogP contribution in [0, 0.1) is 0 Å². The number of nitrogens with one attached hydrogen (secondary N) is 2. The van der Waals surface area contributed by atoms with Gasteiger partial charge in [0.25, 0.3) is 0 Å². The summed E-state index contributed by atoms with van der Waals surface area (Å²) in [5.74, 6) is -0.0306. The van der Waals surface area contributed by atoms with Crippen LogP contribution in [0.4, 0.5) is 5.69 Å². The molecule has 18 heavy (non-hydrogen) atoms. The summed E-state index contributed by atoms with van der Waals surface area (Å²) >= 11 is 0. The molecule has 1 aromatic rings. The molecule has 1 amide bonds. The van der Waals surface area contributed by atoms with E-state index in [2.05, 4.69) is 10.6 Å². The van der Waals surface area contributed by atoms with Crippen molar-refractivity contribution in [1.29, 1.82) is 0 Å². The molecule has 1 aromatic carbocycles. The van der Waals surface area contributed by atoms with E-state index in [4.69, 9.17) is 0 Å². The van der Waals surface area contributed by atoms with Crippen LogP contribution >= 0.6 is 0 Å². The summed E-state index contributed by atoms with van der Waals surface area (Å²) in [4.78, 5) is 11.7. The Morgan fingerprint density at radius 2 is 1.94 bits per heavy atom. The van der Waals surface area contributed by atoms with E-state index in [1.54, 1.807) is 13.8 Å². The van der Waals surface area contributed by atoms with E-state index in [-0.39, 0.29) is 11.9 Å². The first-order chi connectivity index (χ1) is 8.37. The van der Waals surface area contributed by atoms with Gasteiger partial charge in [-0.1, -0.05) is 18.2 Å². The van der Waals surface area contributed by atoms with Crippen molar-refractivity contribution in [2.75, 3.05) is 11.9 Å². The van der Waals surface area contributed by atoms with E-state index >= 15 is 0 Å². The summed E-state index contributed by atoms with van der Waals surface area (Å²) < 4.78 is 0. The van der Waals surface area contributed by atoms with Crippen molar-refractivity contribution in [2.45, 2.75) is 38.8 Å². The van der Waals surface area contributed by atoms with Crippen LogP contribution in [-0.2, 0) is 4.79 Å². The van der Waals surface area contributed by atoms with Gasteiger partial charge >= 0.3 is 0 Å². The molecule has 0 heterocycles. The molecule has 0 bridgehead atoms. The molecule has 0 fully saturated rings. The molecule has 0 saturated carbocycles. The fourth-order valence-corrected chi connectivity index (χ4v) is 1.51. The Morgan fingerprint density at radius 1 is 1.33 bits per heavy atom. The van der Waals surface area contributed by atoms with Gasteiger partial charge < -0.3 is 15.7 Å². The first kappa shape index (κ1) is 14.7. The van der Waals surface area contributed by atoms with E-state index in [0.29, 0.717) is 13.0 Å². The maximum Gasteiger partial charge on any atom is 0.225 e. The molecule has 0 aliphatic carbocycles. The lowest BCUT2D eigenvalue weighted by Gasteiger charge is -2.21. The predicted molar refractivity (Wildman–Crippen MR) is 73.5 cm³/mol. The maximum absolute atomic E-state index is 11.7. The topological polar surface area (TPSA) is 61.4 Å². The minimum absolute atomic E-state index is 0.0279. The van der Waals surface area contributed by atoms with Crippen molar-refractivity contribution in [1.82, 2.24) is 5.32 Å². The third-order valence-electron chi connectivity index (χ3n) is 2.43. The standard InChI is InChI=1S/C14H22N2O2/c1-11(15-10-14(2,3)18)9-13(17)16-12-7-5-4-6-8-12/h4-8,11,15,18H,9-10H2,1-3H3,(H,16,17). The number of benzene rings is 1. The summed E-state index contributed by atoms with van der Waals surface area (Å²) in [6, 6.07) is 9.40. The second-order valence-electron chi connectivity index (χ2n) is 5.21. The molecule has 0 spiro atoms. The quantitative estimate of drug-likeness (QED) is 0.721. The monoisotopic (exact) mass is 250 g/mol. The van der Waals surface area contributed by atoms with Crippen LogP contribution in [0.3, 0.4) is 0 Å². The zero-order valence-electron chi connectivity index (χ0n) is 11.2. The highest BCUT2D eigenvalue weighted by molar-refractivity contribution is 5.90. The third kappa shape index (κ3) is 6.37. The van der Waals surface area contributed by atoms with Gasteiger partial charge in [-0.15, -0.1) is 0 Å². The molecule has 0 radical (unpaired) electrons. The van der Waals surface area contributed by atoms with Gasteiger partial charge in [-0.3, -0.25) is 4.79 Å². The van der Waals surface area contributed by atoms with Gasteiger partial charge in [0.15, 0.2) is 0 Å². The number of amides is 1. The number of hydrogen-bond donors (Lipinski definition) is 3. The van der Waals surface area contributed by atoms with Crippen LogP contribution < -0.4 is 10.6 Å². The first-order valence-electron chi connectivity index (χ1n) is 6.17. The number of hydrogen-bond acceptors (Lipinski definition) is 3. The Labute approximate surface area is 108 Å². The zero-order valence-corrected chi connectivity index (χ0v) is 11.2. The predicted octanol–water partition coefficient (Wildman–Crippen LogP) is 1.76. The van der Waals surface area contributed by atoms with Crippen LogP contribution in [0.2, 0.25) is 0 Å². The van der Waals surface area contributed by atoms with Gasteiger partial charge in [-0.05, 0) is 32.9 Å². The number of carbonyl (C=O) groups is 1. The molecule has 1 atom stereocenters. The zero-order chi connectivity index (χ0) is 13.6. The number of rotatable bonds is 6. The van der Waals surface area contributed by atoms with Crippen molar-refractivity contribution in [3.63, 3.8) is 0 Å². The average Bonchev–Trinajstić information content (AvgIpc) is 2.26. The van der Waals surface area contributed by atoms with Gasteiger partial charge in [0, 0.05) is 24.7 Å². The number of aliphatic hydroxyl groups is 1. The fourth-order valence-electron chi connectivity index (χ4n) is 1.51. The van der Waals surface area contributed by atoms with Crippen molar-refractivity contribution in [3.05, 3.63) is 30.3 Å². The number of para-hydroxylation sites is 1. The lowest BCUT2D eigenvalue weighted by atomic mass is 10.1. The van der Waals surface area contributed by atoms with E-state index < -0.39 is 5.60 Å². The first-order valence-corrected chi connectivity index (χ1v) is 6.17. The van der Waals surface area contributed by atoms with Gasteiger partial charge in [0.05, 0.1) is 5.60 Å². The normalized spacial score (nSPS) is 13.1. The molecule has 0 aliphatic rings. The summed E-state index contributed by atoms with van der Waals surface area (Å²) in [6.07, 6.45) is 0.380. The van der Waals surface area contributed by atoms with E-state index in [1.165, 1.54) is 0 Å². The Hall–Kier alpha value is -1.39. The van der Waals surface area contributed by atoms with Crippen molar-refractivity contribution in [3.8, 4) is 0 Å². The van der Waals surface area contributed by atoms with Gasteiger partial charge in [-0.2, -0.15) is 0 Å². The van der Waals surface area contributed by atoms with Gasteiger partial charge in [0.1, 0.15) is 0 Å². The SMILES string of the molecule is CC(CC(=O)Nc1ccccc1)NCC(C)(C)O. The van der Waals surface area contributed by atoms with E-state index in [0.717, 1.165) is 5.69 Å². The number of carbonyl (C=O) groups excluding carboxylic acids is 1. The minimum atomic E-state index is -0.760. The molecular formula is C14H22N2O2. The Balaban J connectivity index is 2.32. The molecule has 0 aromatic heterocycles. The van der Waals surface area contributed by atoms with Crippen molar-refractivity contribution < 1.29 is 9.90 Å². The van der Waals surface area contributed by atoms with Crippen molar-refractivity contribution in [2.24, 2.45) is 0 Å². The second kappa shape index (κ2) is 6.52. The number of anilines is 1. The highest BCUT2D eigenvalue weighted by Gasteiger charge is 2.15. The molecular weight excluding hydrogens is 228 g/mol. The smallest absolute Gasteiger partial charge is 0.225 e. The summed E-state index contributed by atoms with van der Waals surface area (Å²) in [6.45, 7) is 5.86. The molecule has 0 saturated heterocycles. The molecule has 3 N–H and O–H groups in total. The van der Waals surface area contributed by atoms with Crippen LogP contribution in [0.25, 0.3) is 0 Å². The minimum Gasteiger partial charge on any atom is -0.389 e. The Morgan fingerprint density at radius 3 is 2.50 bits per heavy atom.